The van der Waals surface area contributed by atoms with Crippen molar-refractivity contribution < 1.29 is 23.0 Å². The lowest BCUT2D eigenvalue weighted by atomic mass is 9.75. The molecule has 1 amide bonds. The predicted molar refractivity (Wildman–Crippen MR) is 108 cm³/mol. The molecule has 11 heteroatoms. The van der Waals surface area contributed by atoms with Gasteiger partial charge in [-0.1, -0.05) is 11.8 Å². The normalized spacial score (nSPS) is 25.8. The molecule has 4 rings (SSSR count). The number of nitrogens with zero attached hydrogens (tertiary/aromatic N) is 3. The molecule has 2 aliphatic rings. The van der Waals surface area contributed by atoms with Crippen LogP contribution in [0.4, 0.5) is 14.5 Å². The highest BCUT2D eigenvalue weighted by Gasteiger charge is 2.51. The molecule has 30 heavy (non-hydrogen) atoms. The number of ether oxygens (including phenoxy) is 2. The third-order valence-corrected chi connectivity index (χ3v) is 6.04. The van der Waals surface area contributed by atoms with Gasteiger partial charge in [0.05, 0.1) is 32.7 Å². The molecule has 2 aromatic rings. The lowest BCUT2D eigenvalue weighted by molar-refractivity contribution is -0.0526. The summed E-state index contributed by atoms with van der Waals surface area (Å²) in [5.74, 6) is -1.09. The van der Waals surface area contributed by atoms with E-state index < -0.39 is 29.4 Å². The maximum Gasteiger partial charge on any atom is 0.275 e. The van der Waals surface area contributed by atoms with Crippen LogP contribution in [0.15, 0.2) is 35.6 Å². The Balaban J connectivity index is 1.67. The highest BCUT2D eigenvalue weighted by Crippen LogP contribution is 2.46. The van der Waals surface area contributed by atoms with Crippen molar-refractivity contribution in [2.24, 2.45) is 16.6 Å². The summed E-state index contributed by atoms with van der Waals surface area (Å²) in [7, 11) is 1.44. The first-order valence-corrected chi connectivity index (χ1v) is 10.1. The predicted octanol–water partition coefficient (Wildman–Crippen LogP) is 2.12. The summed E-state index contributed by atoms with van der Waals surface area (Å²) in [6.45, 7) is -0.0752. The number of amides is 1. The lowest BCUT2D eigenvalue weighted by Crippen LogP contribution is -2.53. The first-order chi connectivity index (χ1) is 14.4. The molecule has 3 heterocycles. The van der Waals surface area contributed by atoms with Gasteiger partial charge in [0.2, 0.25) is 5.88 Å². The van der Waals surface area contributed by atoms with Gasteiger partial charge in [0.1, 0.15) is 23.2 Å². The molecule has 0 aliphatic carbocycles. The van der Waals surface area contributed by atoms with Crippen molar-refractivity contribution in [3.8, 4) is 5.88 Å². The fraction of sp³-hybridized carbons (Fsp3) is 0.368. The van der Waals surface area contributed by atoms with E-state index in [4.69, 9.17) is 15.2 Å². The number of aromatic nitrogens is 2. The van der Waals surface area contributed by atoms with Crippen LogP contribution in [-0.4, -0.2) is 53.3 Å². The molecule has 2 aliphatic heterocycles. The van der Waals surface area contributed by atoms with Crippen molar-refractivity contribution in [3.63, 3.8) is 0 Å². The standard InChI is InChI=1S/C19H19F2N5O3S/c1-28-16-6-23-15(5-24-16)17(27)25-10-2-3-13(20)11(4-10)19-9-29-7-14(21)12(19)8-30-18(22)26-19/h2-6,12,14H,7-9H2,1H3,(H2,22,26)(H,25,27)/t12-,14-,19-/m1/s1. The molecule has 1 aromatic carbocycles. The highest BCUT2D eigenvalue weighted by molar-refractivity contribution is 8.13. The zero-order chi connectivity index (χ0) is 21.3. The minimum Gasteiger partial charge on any atom is -0.480 e. The van der Waals surface area contributed by atoms with Gasteiger partial charge < -0.3 is 20.5 Å². The van der Waals surface area contributed by atoms with E-state index in [1.165, 1.54) is 49.5 Å². The van der Waals surface area contributed by atoms with Crippen LogP contribution < -0.4 is 15.8 Å². The number of anilines is 1. The van der Waals surface area contributed by atoms with Gasteiger partial charge in [0.25, 0.3) is 5.91 Å². The van der Waals surface area contributed by atoms with E-state index in [2.05, 4.69) is 20.3 Å². The molecule has 0 bridgehead atoms. The highest BCUT2D eigenvalue weighted by atomic mass is 32.2. The van der Waals surface area contributed by atoms with Crippen LogP contribution in [0, 0.1) is 11.7 Å². The minimum atomic E-state index is -1.31. The number of rotatable bonds is 4. The van der Waals surface area contributed by atoms with Gasteiger partial charge in [-0.25, -0.2) is 23.7 Å². The second-order valence-corrected chi connectivity index (χ2v) is 7.96. The lowest BCUT2D eigenvalue weighted by Gasteiger charge is -2.45. The van der Waals surface area contributed by atoms with Crippen LogP contribution >= 0.6 is 11.8 Å². The Morgan fingerprint density at radius 1 is 1.40 bits per heavy atom. The van der Waals surface area contributed by atoms with Crippen molar-refractivity contribution in [2.75, 3.05) is 31.4 Å². The summed E-state index contributed by atoms with van der Waals surface area (Å²) in [6, 6.07) is 4.04. The maximum atomic E-state index is 14.9. The maximum absolute atomic E-state index is 14.9. The first-order valence-electron chi connectivity index (χ1n) is 9.10. The number of alkyl halides is 1. The number of nitrogens with one attached hydrogen (secondary N) is 1. The molecule has 0 radical (unpaired) electrons. The van der Waals surface area contributed by atoms with Crippen LogP contribution in [-0.2, 0) is 10.3 Å². The second-order valence-electron chi connectivity index (χ2n) is 6.92. The molecule has 3 N–H and O–H groups in total. The molecule has 3 atom stereocenters. The third-order valence-electron chi connectivity index (χ3n) is 5.13. The monoisotopic (exact) mass is 435 g/mol. The van der Waals surface area contributed by atoms with Crippen molar-refractivity contribution in [3.05, 3.63) is 47.7 Å². The average molecular weight is 435 g/mol. The van der Waals surface area contributed by atoms with Crippen LogP contribution in [0.1, 0.15) is 16.1 Å². The van der Waals surface area contributed by atoms with E-state index in [1.807, 2.05) is 0 Å². The molecule has 0 spiro atoms. The molecular weight excluding hydrogens is 416 g/mol. The molecular formula is C19H19F2N5O3S. The van der Waals surface area contributed by atoms with Crippen molar-refractivity contribution >= 4 is 28.5 Å². The Hall–Kier alpha value is -2.79. The number of thioether (sulfide) groups is 1. The van der Waals surface area contributed by atoms with Crippen molar-refractivity contribution in [1.29, 1.82) is 0 Å². The zero-order valence-corrected chi connectivity index (χ0v) is 16.8. The van der Waals surface area contributed by atoms with Gasteiger partial charge in [-0.2, -0.15) is 0 Å². The fourth-order valence-corrected chi connectivity index (χ4v) is 4.68. The number of amidine groups is 1. The Kier molecular flexibility index (Phi) is 5.56. The minimum absolute atomic E-state index is 0.00236. The van der Waals surface area contributed by atoms with Gasteiger partial charge in [0, 0.05) is 22.9 Å². The summed E-state index contributed by atoms with van der Waals surface area (Å²) in [4.78, 5) is 24.8. The number of fused-ring (bicyclic) bond motifs is 1. The number of halogens is 2. The Morgan fingerprint density at radius 3 is 2.97 bits per heavy atom. The van der Waals surface area contributed by atoms with Crippen molar-refractivity contribution in [2.45, 2.75) is 11.7 Å². The van der Waals surface area contributed by atoms with Gasteiger partial charge >= 0.3 is 0 Å². The van der Waals surface area contributed by atoms with E-state index in [-0.39, 0.29) is 35.5 Å². The number of hydrogen-bond acceptors (Lipinski definition) is 8. The summed E-state index contributed by atoms with van der Waals surface area (Å²) < 4.78 is 39.8. The third kappa shape index (κ3) is 3.70. The summed E-state index contributed by atoms with van der Waals surface area (Å²) in [5, 5.41) is 2.89. The number of benzene rings is 1. The summed E-state index contributed by atoms with van der Waals surface area (Å²) >= 11 is 1.24. The Bertz CT molecular complexity index is 991. The fourth-order valence-electron chi connectivity index (χ4n) is 3.62. The second kappa shape index (κ2) is 8.15. The van der Waals surface area contributed by atoms with Crippen LogP contribution in [0.5, 0.6) is 5.88 Å². The smallest absolute Gasteiger partial charge is 0.275 e. The molecule has 1 aromatic heterocycles. The molecule has 0 unspecified atom stereocenters. The zero-order valence-electron chi connectivity index (χ0n) is 16.0. The quantitative estimate of drug-likeness (QED) is 0.757. The largest absolute Gasteiger partial charge is 0.480 e. The van der Waals surface area contributed by atoms with Crippen LogP contribution in [0.3, 0.4) is 0 Å². The van der Waals surface area contributed by atoms with Crippen LogP contribution in [0.25, 0.3) is 0 Å². The molecule has 1 saturated heterocycles. The van der Waals surface area contributed by atoms with Gasteiger partial charge in [-0.05, 0) is 18.2 Å². The van der Waals surface area contributed by atoms with E-state index >= 15 is 0 Å². The number of aliphatic imine (C=N–C) groups is 1. The van der Waals surface area contributed by atoms with E-state index in [9.17, 15) is 13.6 Å². The van der Waals surface area contributed by atoms with E-state index in [1.54, 1.807) is 0 Å². The van der Waals surface area contributed by atoms with Gasteiger partial charge in [-0.15, -0.1) is 0 Å². The average Bonchev–Trinajstić information content (AvgIpc) is 2.75. The number of carbonyl (C=O) groups is 1. The molecule has 1 fully saturated rings. The SMILES string of the molecule is COc1cnc(C(=O)Nc2ccc(F)c([C@]34COC[C@@H](F)[C@H]3CSC(N)=N4)c2)cn1. The Labute approximate surface area is 175 Å². The topological polar surface area (TPSA) is 112 Å². The number of nitrogens with two attached hydrogens (primary N) is 1. The van der Waals surface area contributed by atoms with Gasteiger partial charge in [-0.3, -0.25) is 4.79 Å². The number of methoxy groups -OCH3 is 1. The summed E-state index contributed by atoms with van der Waals surface area (Å²) in [5.41, 5.74) is 5.08. The van der Waals surface area contributed by atoms with Crippen LogP contribution in [0.2, 0.25) is 0 Å². The molecule has 8 nitrogen and oxygen atoms in total. The van der Waals surface area contributed by atoms with Gasteiger partial charge in [0.15, 0.2) is 5.17 Å². The molecule has 0 saturated carbocycles. The Morgan fingerprint density at radius 2 is 2.23 bits per heavy atom. The van der Waals surface area contributed by atoms with Crippen molar-refractivity contribution in [1.82, 2.24) is 9.97 Å². The molecule has 158 valence electrons. The van der Waals surface area contributed by atoms with E-state index in [0.717, 1.165) is 0 Å². The summed E-state index contributed by atoms with van der Waals surface area (Å²) in [6.07, 6.45) is 1.27. The number of carbonyl (C=O) groups excluding carboxylic acids is 1. The first kappa shape index (κ1) is 20.5. The number of hydrogen-bond donors (Lipinski definition) is 2. The van der Waals surface area contributed by atoms with E-state index in [0.29, 0.717) is 11.4 Å².